The molecule has 0 atom stereocenters. The molecule has 0 saturated carbocycles. The third kappa shape index (κ3) is 4.95. The minimum absolute atomic E-state index is 0.246. The van der Waals surface area contributed by atoms with Gasteiger partial charge in [0.05, 0.1) is 5.69 Å². The van der Waals surface area contributed by atoms with Crippen molar-refractivity contribution in [3.05, 3.63) is 70.7 Å². The number of benzene rings is 2. The first-order chi connectivity index (χ1) is 13.4. The number of aromatic nitrogens is 1. The molecule has 0 aliphatic heterocycles. The number of hydrogen-bond acceptors (Lipinski definition) is 4. The van der Waals surface area contributed by atoms with Gasteiger partial charge in [-0.3, -0.25) is 10.1 Å². The number of rotatable bonds is 5. The number of nitrogens with one attached hydrogen (secondary N) is 3. The van der Waals surface area contributed by atoms with Crippen molar-refractivity contribution in [2.75, 3.05) is 16.0 Å². The molecule has 28 heavy (non-hydrogen) atoms. The lowest BCUT2D eigenvalue weighted by atomic mass is 10.0. The van der Waals surface area contributed by atoms with Crippen LogP contribution in [0.2, 0.25) is 0 Å². The van der Waals surface area contributed by atoms with Gasteiger partial charge in [0.2, 0.25) is 0 Å². The third-order valence-electron chi connectivity index (χ3n) is 4.09. The molecule has 2 aromatic carbocycles. The van der Waals surface area contributed by atoms with E-state index in [-0.39, 0.29) is 5.91 Å². The van der Waals surface area contributed by atoms with E-state index in [2.05, 4.69) is 34.8 Å². The van der Waals surface area contributed by atoms with E-state index in [0.717, 1.165) is 17.0 Å². The van der Waals surface area contributed by atoms with Gasteiger partial charge in [-0.15, -0.1) is 0 Å². The normalized spacial score (nSPS) is 10.6. The van der Waals surface area contributed by atoms with Crippen LogP contribution in [0, 0.1) is 6.92 Å². The maximum Gasteiger partial charge on any atom is 0.325 e. The van der Waals surface area contributed by atoms with Gasteiger partial charge in [-0.1, -0.05) is 55.5 Å². The molecule has 0 saturated heterocycles. The van der Waals surface area contributed by atoms with E-state index >= 15 is 0 Å². The molecule has 144 valence electrons. The summed E-state index contributed by atoms with van der Waals surface area (Å²) in [4.78, 5) is 29.4. The molecule has 3 amide bonds. The van der Waals surface area contributed by atoms with E-state index in [0.29, 0.717) is 27.3 Å². The highest BCUT2D eigenvalue weighted by molar-refractivity contribution is 7.17. The number of anilines is 3. The molecule has 3 rings (SSSR count). The molecule has 3 N–H and O–H groups in total. The highest BCUT2D eigenvalue weighted by atomic mass is 32.1. The van der Waals surface area contributed by atoms with Crippen molar-refractivity contribution in [3.8, 4) is 0 Å². The van der Waals surface area contributed by atoms with Crippen LogP contribution in [-0.4, -0.2) is 16.9 Å². The number of nitrogens with zero attached hydrogens (tertiary/aromatic N) is 1. The number of urea groups is 1. The maximum atomic E-state index is 12.6. The Morgan fingerprint density at radius 1 is 0.893 bits per heavy atom. The minimum Gasteiger partial charge on any atom is -0.321 e. The third-order valence-corrected chi connectivity index (χ3v) is 5.16. The highest BCUT2D eigenvalue weighted by Gasteiger charge is 2.17. The Kier molecular flexibility index (Phi) is 6.06. The summed E-state index contributed by atoms with van der Waals surface area (Å²) in [5, 5.41) is 8.63. The van der Waals surface area contributed by atoms with E-state index in [4.69, 9.17) is 0 Å². The zero-order valence-corrected chi connectivity index (χ0v) is 16.8. The predicted molar refractivity (Wildman–Crippen MR) is 114 cm³/mol. The number of para-hydroxylation sites is 1. The monoisotopic (exact) mass is 394 g/mol. The first-order valence-corrected chi connectivity index (χ1v) is 9.76. The lowest BCUT2D eigenvalue weighted by Gasteiger charge is -2.08. The van der Waals surface area contributed by atoms with E-state index in [1.165, 1.54) is 5.56 Å². The van der Waals surface area contributed by atoms with Crippen molar-refractivity contribution >= 4 is 39.8 Å². The summed E-state index contributed by atoms with van der Waals surface area (Å²) in [5.41, 5.74) is 3.17. The molecule has 0 unspecified atom stereocenters. The summed E-state index contributed by atoms with van der Waals surface area (Å²) < 4.78 is 0. The average Bonchev–Trinajstić information content (AvgIpc) is 3.03. The molecular formula is C21H22N4O2S. The van der Waals surface area contributed by atoms with Crippen LogP contribution >= 0.6 is 11.3 Å². The first kappa shape index (κ1) is 19.6. The second kappa shape index (κ2) is 8.67. The van der Waals surface area contributed by atoms with Crippen LogP contribution in [0.5, 0.6) is 0 Å². The van der Waals surface area contributed by atoms with Crippen LogP contribution in [0.25, 0.3) is 0 Å². The summed E-state index contributed by atoms with van der Waals surface area (Å²) in [6.45, 7) is 5.99. The number of amides is 3. The van der Waals surface area contributed by atoms with Crippen molar-refractivity contribution in [3.63, 3.8) is 0 Å². The predicted octanol–water partition coefficient (Wildman–Crippen LogP) is 5.47. The van der Waals surface area contributed by atoms with Crippen molar-refractivity contribution in [1.29, 1.82) is 0 Å². The van der Waals surface area contributed by atoms with Gasteiger partial charge in [0.15, 0.2) is 5.13 Å². The van der Waals surface area contributed by atoms with Crippen molar-refractivity contribution in [1.82, 2.24) is 4.98 Å². The van der Waals surface area contributed by atoms with Crippen LogP contribution in [0.15, 0.2) is 54.6 Å². The van der Waals surface area contributed by atoms with Crippen LogP contribution < -0.4 is 16.0 Å². The summed E-state index contributed by atoms with van der Waals surface area (Å²) in [6, 6.07) is 16.5. The van der Waals surface area contributed by atoms with Gasteiger partial charge in [0.25, 0.3) is 5.91 Å². The van der Waals surface area contributed by atoms with Gasteiger partial charge in [-0.05, 0) is 42.7 Å². The van der Waals surface area contributed by atoms with Crippen LogP contribution in [0.1, 0.15) is 40.7 Å². The zero-order valence-electron chi connectivity index (χ0n) is 15.9. The summed E-state index contributed by atoms with van der Waals surface area (Å²) in [7, 11) is 0. The van der Waals surface area contributed by atoms with Gasteiger partial charge in [-0.25, -0.2) is 9.78 Å². The van der Waals surface area contributed by atoms with Crippen molar-refractivity contribution < 1.29 is 9.59 Å². The zero-order chi connectivity index (χ0) is 20.1. The van der Waals surface area contributed by atoms with Crippen molar-refractivity contribution in [2.24, 2.45) is 0 Å². The number of aryl methyl sites for hydroxylation is 1. The molecule has 0 aliphatic carbocycles. The molecule has 0 aliphatic rings. The molecule has 1 heterocycles. The van der Waals surface area contributed by atoms with Gasteiger partial charge >= 0.3 is 6.03 Å². The SMILES string of the molecule is Cc1nc(NC(=O)Nc2ccccc2)sc1C(=O)Nc1ccc(C(C)C)cc1. The van der Waals surface area contributed by atoms with Crippen LogP contribution in [0.4, 0.5) is 21.3 Å². The molecular weight excluding hydrogens is 372 g/mol. The van der Waals surface area contributed by atoms with Gasteiger partial charge in [0, 0.05) is 11.4 Å². The highest BCUT2D eigenvalue weighted by Crippen LogP contribution is 2.24. The molecule has 6 nitrogen and oxygen atoms in total. The van der Waals surface area contributed by atoms with E-state index in [1.54, 1.807) is 19.1 Å². The Balaban J connectivity index is 1.64. The standard InChI is InChI=1S/C21H22N4O2S/c1-13(2)15-9-11-17(12-10-15)23-19(26)18-14(3)22-21(28-18)25-20(27)24-16-7-5-4-6-8-16/h4-13H,1-3H3,(H,23,26)(H2,22,24,25,27). The quantitative estimate of drug-likeness (QED) is 0.536. The Bertz CT molecular complexity index is 966. The summed E-state index contributed by atoms with van der Waals surface area (Å²) >= 11 is 1.14. The molecule has 1 aromatic heterocycles. The summed E-state index contributed by atoms with van der Waals surface area (Å²) in [6.07, 6.45) is 0. The van der Waals surface area contributed by atoms with E-state index in [9.17, 15) is 9.59 Å². The lowest BCUT2D eigenvalue weighted by molar-refractivity contribution is 0.103. The number of thiazole rings is 1. The molecule has 3 aromatic rings. The minimum atomic E-state index is -0.406. The molecule has 0 spiro atoms. The van der Waals surface area contributed by atoms with E-state index < -0.39 is 6.03 Å². The van der Waals surface area contributed by atoms with E-state index in [1.807, 2.05) is 42.5 Å². The second-order valence-corrected chi connectivity index (χ2v) is 7.61. The fourth-order valence-corrected chi connectivity index (χ4v) is 3.44. The van der Waals surface area contributed by atoms with Crippen molar-refractivity contribution in [2.45, 2.75) is 26.7 Å². The fourth-order valence-electron chi connectivity index (χ4n) is 2.58. The number of carbonyl (C=O) groups is 2. The lowest BCUT2D eigenvalue weighted by Crippen LogP contribution is -2.19. The summed E-state index contributed by atoms with van der Waals surface area (Å²) in [5.74, 6) is 0.188. The topological polar surface area (TPSA) is 83.1 Å². The number of carbonyl (C=O) groups excluding carboxylic acids is 2. The van der Waals surface area contributed by atoms with Gasteiger partial charge < -0.3 is 10.6 Å². The Morgan fingerprint density at radius 3 is 2.18 bits per heavy atom. The first-order valence-electron chi connectivity index (χ1n) is 8.94. The Labute approximate surface area is 168 Å². The average molecular weight is 395 g/mol. The second-order valence-electron chi connectivity index (χ2n) is 6.61. The van der Waals surface area contributed by atoms with Gasteiger partial charge in [0.1, 0.15) is 4.88 Å². The molecule has 0 radical (unpaired) electrons. The van der Waals surface area contributed by atoms with Gasteiger partial charge in [-0.2, -0.15) is 0 Å². The Morgan fingerprint density at radius 2 is 1.54 bits per heavy atom. The molecule has 7 heteroatoms. The van der Waals surface area contributed by atoms with Crippen LogP contribution in [-0.2, 0) is 0 Å². The largest absolute Gasteiger partial charge is 0.325 e. The number of hydrogen-bond donors (Lipinski definition) is 3. The maximum absolute atomic E-state index is 12.6. The Hall–Kier alpha value is -3.19. The van der Waals surface area contributed by atoms with Crippen LogP contribution in [0.3, 0.4) is 0 Å². The molecule has 0 fully saturated rings. The smallest absolute Gasteiger partial charge is 0.321 e. The molecule has 0 bridgehead atoms. The fraction of sp³-hybridized carbons (Fsp3) is 0.190.